The van der Waals surface area contributed by atoms with Crippen LogP contribution in [0.1, 0.15) is 23.6 Å². The monoisotopic (exact) mass is 326 g/mol. The zero-order chi connectivity index (χ0) is 17.5. The summed E-state index contributed by atoms with van der Waals surface area (Å²) in [6, 6.07) is 14.0. The molecule has 1 N–H and O–H groups in total. The van der Waals surface area contributed by atoms with Crippen molar-refractivity contribution in [2.75, 3.05) is 25.1 Å². The van der Waals surface area contributed by atoms with Gasteiger partial charge in [-0.15, -0.1) is 0 Å². The quantitative estimate of drug-likeness (QED) is 0.847. The molecule has 0 spiro atoms. The largest absolute Gasteiger partial charge is 0.497 e. The Labute approximate surface area is 144 Å². The van der Waals surface area contributed by atoms with Crippen molar-refractivity contribution in [3.8, 4) is 5.75 Å². The Balaban J connectivity index is 1.93. The molecule has 0 bridgehead atoms. The maximum atomic E-state index is 12.3. The lowest BCUT2D eigenvalue weighted by Crippen LogP contribution is -2.37. The van der Waals surface area contributed by atoms with E-state index in [1.807, 2.05) is 24.3 Å². The minimum Gasteiger partial charge on any atom is -0.497 e. The Morgan fingerprint density at radius 2 is 1.83 bits per heavy atom. The highest BCUT2D eigenvalue weighted by Gasteiger charge is 2.12. The number of nitrogens with one attached hydrogen (secondary N) is 1. The van der Waals surface area contributed by atoms with Gasteiger partial charge >= 0.3 is 0 Å². The number of nitrogens with zero attached hydrogens (tertiary/aromatic N) is 1. The van der Waals surface area contributed by atoms with Gasteiger partial charge in [0.25, 0.3) is 0 Å². The van der Waals surface area contributed by atoms with Crippen molar-refractivity contribution in [1.29, 1.82) is 0 Å². The van der Waals surface area contributed by atoms with Gasteiger partial charge in [0.05, 0.1) is 13.7 Å². The second kappa shape index (κ2) is 8.39. The second-order valence-electron chi connectivity index (χ2n) is 5.93. The van der Waals surface area contributed by atoms with E-state index in [0.717, 1.165) is 23.5 Å². The van der Waals surface area contributed by atoms with Gasteiger partial charge < -0.3 is 15.0 Å². The van der Waals surface area contributed by atoms with Crippen LogP contribution in [0.25, 0.3) is 0 Å². The molecular formula is C20H26N2O2. The average Bonchev–Trinajstić information content (AvgIpc) is 2.59. The van der Waals surface area contributed by atoms with Crippen LogP contribution >= 0.6 is 0 Å². The molecule has 4 heteroatoms. The van der Waals surface area contributed by atoms with E-state index in [-0.39, 0.29) is 5.91 Å². The molecule has 0 atom stereocenters. The van der Waals surface area contributed by atoms with Crippen LogP contribution in [0.4, 0.5) is 5.69 Å². The molecule has 0 heterocycles. The van der Waals surface area contributed by atoms with Crippen LogP contribution in [0.2, 0.25) is 0 Å². The van der Waals surface area contributed by atoms with E-state index in [9.17, 15) is 4.79 Å². The van der Waals surface area contributed by atoms with Crippen molar-refractivity contribution in [3.63, 3.8) is 0 Å². The summed E-state index contributed by atoms with van der Waals surface area (Å²) in [4.78, 5) is 14.4. The number of likely N-dealkylation sites (N-methyl/N-ethyl adjacent to an activating group) is 1. The standard InChI is InChI=1S/C20H26N2O2/c1-5-22(19-11-6-15(2)12-16(19)3)14-20(23)21-13-17-7-9-18(24-4)10-8-17/h6-12H,5,13-14H2,1-4H3,(H,21,23). The molecule has 128 valence electrons. The van der Waals surface area contributed by atoms with Crippen molar-refractivity contribution >= 4 is 11.6 Å². The van der Waals surface area contributed by atoms with Crippen molar-refractivity contribution in [3.05, 3.63) is 59.2 Å². The van der Waals surface area contributed by atoms with E-state index in [4.69, 9.17) is 4.74 Å². The summed E-state index contributed by atoms with van der Waals surface area (Å²) >= 11 is 0. The van der Waals surface area contributed by atoms with E-state index in [1.54, 1.807) is 7.11 Å². The fourth-order valence-electron chi connectivity index (χ4n) is 2.70. The van der Waals surface area contributed by atoms with E-state index in [0.29, 0.717) is 13.1 Å². The second-order valence-corrected chi connectivity index (χ2v) is 5.93. The smallest absolute Gasteiger partial charge is 0.239 e. The van der Waals surface area contributed by atoms with Gasteiger partial charge in [0.1, 0.15) is 5.75 Å². The number of ether oxygens (including phenoxy) is 1. The lowest BCUT2D eigenvalue weighted by atomic mass is 10.1. The molecule has 0 saturated heterocycles. The van der Waals surface area contributed by atoms with Crippen LogP contribution in [0, 0.1) is 13.8 Å². The summed E-state index contributed by atoms with van der Waals surface area (Å²) in [6.07, 6.45) is 0. The van der Waals surface area contributed by atoms with Crippen molar-refractivity contribution in [1.82, 2.24) is 5.32 Å². The third-order valence-corrected chi connectivity index (χ3v) is 4.06. The van der Waals surface area contributed by atoms with Gasteiger partial charge in [-0.25, -0.2) is 0 Å². The fourth-order valence-corrected chi connectivity index (χ4v) is 2.70. The van der Waals surface area contributed by atoms with Crippen molar-refractivity contribution in [2.24, 2.45) is 0 Å². The van der Waals surface area contributed by atoms with E-state index >= 15 is 0 Å². The number of hydrogen-bond donors (Lipinski definition) is 1. The summed E-state index contributed by atoms with van der Waals surface area (Å²) in [6.45, 7) is 7.90. The predicted octanol–water partition coefficient (Wildman–Crippen LogP) is 3.45. The van der Waals surface area contributed by atoms with Crippen LogP contribution in [0.5, 0.6) is 5.75 Å². The summed E-state index contributed by atoms with van der Waals surface area (Å²) in [5, 5.41) is 2.98. The number of carbonyl (C=O) groups excluding carboxylic acids is 1. The number of rotatable bonds is 7. The molecule has 0 aromatic heterocycles. The van der Waals surface area contributed by atoms with E-state index in [1.165, 1.54) is 11.1 Å². The molecular weight excluding hydrogens is 300 g/mol. The molecule has 0 aliphatic carbocycles. The highest BCUT2D eigenvalue weighted by atomic mass is 16.5. The normalized spacial score (nSPS) is 10.3. The number of hydrogen-bond acceptors (Lipinski definition) is 3. The number of aryl methyl sites for hydroxylation is 2. The lowest BCUT2D eigenvalue weighted by molar-refractivity contribution is -0.119. The van der Waals surface area contributed by atoms with Crippen LogP contribution in [0.3, 0.4) is 0 Å². The minimum atomic E-state index is 0.0210. The first-order chi connectivity index (χ1) is 11.5. The lowest BCUT2D eigenvalue weighted by Gasteiger charge is -2.24. The molecule has 4 nitrogen and oxygen atoms in total. The minimum absolute atomic E-state index is 0.0210. The molecule has 1 amide bonds. The first-order valence-electron chi connectivity index (χ1n) is 8.25. The topological polar surface area (TPSA) is 41.6 Å². The Morgan fingerprint density at radius 1 is 1.12 bits per heavy atom. The molecule has 0 aliphatic rings. The first kappa shape index (κ1) is 17.9. The predicted molar refractivity (Wildman–Crippen MR) is 98.6 cm³/mol. The summed E-state index contributed by atoms with van der Waals surface area (Å²) in [5.74, 6) is 0.838. The van der Waals surface area contributed by atoms with Gasteiger partial charge in [-0.1, -0.05) is 29.8 Å². The van der Waals surface area contributed by atoms with Crippen LogP contribution in [0.15, 0.2) is 42.5 Å². The molecule has 2 rings (SSSR count). The molecule has 0 saturated carbocycles. The van der Waals surface area contributed by atoms with E-state index in [2.05, 4.69) is 49.2 Å². The van der Waals surface area contributed by atoms with Gasteiger partial charge in [0.15, 0.2) is 0 Å². The molecule has 0 aliphatic heterocycles. The Kier molecular flexibility index (Phi) is 6.24. The Bertz CT molecular complexity index is 681. The fraction of sp³-hybridized carbons (Fsp3) is 0.350. The maximum absolute atomic E-state index is 12.3. The van der Waals surface area contributed by atoms with Gasteiger partial charge in [0, 0.05) is 18.8 Å². The van der Waals surface area contributed by atoms with Crippen LogP contribution < -0.4 is 15.0 Å². The average molecular weight is 326 g/mol. The third kappa shape index (κ3) is 4.75. The zero-order valence-electron chi connectivity index (χ0n) is 14.9. The highest BCUT2D eigenvalue weighted by Crippen LogP contribution is 2.20. The SMILES string of the molecule is CCN(CC(=O)NCc1ccc(OC)cc1)c1ccc(C)cc1C. The molecule has 2 aromatic carbocycles. The number of anilines is 1. The number of carbonyl (C=O) groups is 1. The van der Waals surface area contributed by atoms with Gasteiger partial charge in [-0.05, 0) is 50.1 Å². The molecule has 24 heavy (non-hydrogen) atoms. The van der Waals surface area contributed by atoms with Gasteiger partial charge in [-0.3, -0.25) is 4.79 Å². The molecule has 2 aromatic rings. The third-order valence-electron chi connectivity index (χ3n) is 4.06. The van der Waals surface area contributed by atoms with Crippen molar-refractivity contribution < 1.29 is 9.53 Å². The molecule has 0 radical (unpaired) electrons. The summed E-state index contributed by atoms with van der Waals surface area (Å²) in [5.41, 5.74) is 4.59. The number of amides is 1. The maximum Gasteiger partial charge on any atom is 0.239 e. The Morgan fingerprint density at radius 3 is 2.42 bits per heavy atom. The summed E-state index contributed by atoms with van der Waals surface area (Å²) < 4.78 is 5.14. The highest BCUT2D eigenvalue weighted by molar-refractivity contribution is 5.81. The molecule has 0 unspecified atom stereocenters. The zero-order valence-corrected chi connectivity index (χ0v) is 14.9. The molecule has 0 fully saturated rings. The number of methoxy groups -OCH3 is 1. The Hall–Kier alpha value is -2.49. The first-order valence-corrected chi connectivity index (χ1v) is 8.25. The van der Waals surface area contributed by atoms with Crippen molar-refractivity contribution in [2.45, 2.75) is 27.3 Å². The van der Waals surface area contributed by atoms with E-state index < -0.39 is 0 Å². The number of benzene rings is 2. The van der Waals surface area contributed by atoms with Crippen LogP contribution in [-0.2, 0) is 11.3 Å². The summed E-state index contributed by atoms with van der Waals surface area (Å²) in [7, 11) is 1.64. The van der Waals surface area contributed by atoms with Crippen LogP contribution in [-0.4, -0.2) is 26.1 Å². The van der Waals surface area contributed by atoms with Gasteiger partial charge in [-0.2, -0.15) is 0 Å². The van der Waals surface area contributed by atoms with Gasteiger partial charge in [0.2, 0.25) is 5.91 Å².